The number of para-hydroxylation sites is 1. The van der Waals surface area contributed by atoms with Crippen LogP contribution in [0.4, 0.5) is 5.69 Å². The number of nitro groups is 1. The second-order valence-corrected chi connectivity index (χ2v) is 13.9. The summed E-state index contributed by atoms with van der Waals surface area (Å²) >= 11 is -2.64. The normalized spacial score (nSPS) is 8.47. The molecule has 0 fully saturated rings. The van der Waals surface area contributed by atoms with Gasteiger partial charge in [-0.2, -0.15) is 0 Å². The summed E-state index contributed by atoms with van der Waals surface area (Å²) in [5, 5.41) is 56.7. The Balaban J connectivity index is 0. The van der Waals surface area contributed by atoms with E-state index >= 15 is 0 Å². The van der Waals surface area contributed by atoms with Crippen LogP contribution >= 0.6 is 0 Å². The first kappa shape index (κ1) is 33.3. The van der Waals surface area contributed by atoms with Gasteiger partial charge in [0, 0.05) is 0 Å². The third-order valence-corrected chi connectivity index (χ3v) is 13.0. The minimum absolute atomic E-state index is 0.244. The predicted octanol–water partition coefficient (Wildman–Crippen LogP) is 1.92. The van der Waals surface area contributed by atoms with Crippen molar-refractivity contribution in [1.29, 1.82) is 0 Å². The second kappa shape index (κ2) is 20.7. The Morgan fingerprint density at radius 1 is 0.611 bits per heavy atom. The maximum atomic E-state index is 11.4. The van der Waals surface area contributed by atoms with Gasteiger partial charge in [0.05, 0.1) is 0 Å². The van der Waals surface area contributed by atoms with Crippen molar-refractivity contribution in [2.75, 3.05) is 0 Å². The fourth-order valence-electron chi connectivity index (χ4n) is 2.39. The van der Waals surface area contributed by atoms with Crippen LogP contribution in [0.25, 0.3) is 0 Å². The van der Waals surface area contributed by atoms with Crippen molar-refractivity contribution in [2.24, 2.45) is 10.7 Å². The molecule has 2 N–H and O–H groups in total. The average Bonchev–Trinajstić information content (AvgIpc) is 2.81. The molecule has 3 aromatic rings. The van der Waals surface area contributed by atoms with Gasteiger partial charge in [-0.05, 0) is 0 Å². The monoisotopic (exact) mass is 703 g/mol. The van der Waals surface area contributed by atoms with Gasteiger partial charge >= 0.3 is 137 Å². The topological polar surface area (TPSA) is 275 Å². The third kappa shape index (κ3) is 15.9. The molecule has 17 nitrogen and oxygen atoms in total. The van der Waals surface area contributed by atoms with Crippen molar-refractivity contribution >= 4 is 37.3 Å². The first-order valence-electron chi connectivity index (χ1n) is 8.77. The van der Waals surface area contributed by atoms with Crippen LogP contribution in [0.5, 0.6) is 0 Å². The van der Waals surface area contributed by atoms with E-state index in [0.717, 1.165) is 14.0 Å². The van der Waals surface area contributed by atoms with Gasteiger partial charge < -0.3 is 30.6 Å². The fraction of sp³-hybridized carbons (Fsp3) is 0. The van der Waals surface area contributed by atoms with Gasteiger partial charge in [0.1, 0.15) is 0 Å². The zero-order valence-electron chi connectivity index (χ0n) is 17.7. The molecule has 0 saturated carbocycles. The summed E-state index contributed by atoms with van der Waals surface area (Å²) in [7, 11) is 0. The third-order valence-electron chi connectivity index (χ3n) is 3.35. The minimum atomic E-state index is -2.64. The van der Waals surface area contributed by atoms with E-state index in [2.05, 4.69) is 24.3 Å². The molecule has 0 bridgehead atoms. The van der Waals surface area contributed by atoms with Crippen molar-refractivity contribution in [3.05, 3.63) is 136 Å². The Bertz CT molecular complexity index is 1010. The van der Waals surface area contributed by atoms with Crippen molar-refractivity contribution in [1.82, 2.24) is 0 Å². The van der Waals surface area contributed by atoms with E-state index in [9.17, 15) is 10.1 Å². The maximum absolute atomic E-state index is 11.4. The Kier molecular flexibility index (Phi) is 19.2. The molecule has 0 aliphatic heterocycles. The summed E-state index contributed by atoms with van der Waals surface area (Å²) < 4.78 is 3.41. The van der Waals surface area contributed by atoms with Gasteiger partial charge in [-0.15, -0.1) is 30.9 Å². The van der Waals surface area contributed by atoms with Crippen molar-refractivity contribution < 1.29 is 25.5 Å². The average molecular weight is 703 g/mol. The Labute approximate surface area is 208 Å². The quantitative estimate of drug-likeness (QED) is 0.171. The number of nitro benzene ring substituents is 1. The van der Waals surface area contributed by atoms with E-state index < -0.39 is 31.9 Å². The SMILES string of the molecule is O=N[O-].O=N[O-].O=[N+]([O-])O.O=[N+]([O-])O.O=[N+]([O-])c1cccc[c]1[Bi]([c]1ccccc1)[c]1ccccc1. The van der Waals surface area contributed by atoms with Crippen LogP contribution in [-0.4, -0.2) is 47.3 Å². The summed E-state index contributed by atoms with van der Waals surface area (Å²) in [6.45, 7) is 0. The number of hydrogen-bond acceptors (Lipinski definition) is 12. The first-order chi connectivity index (χ1) is 17.1. The molecule has 0 unspecified atom stereocenters. The fourth-order valence-corrected chi connectivity index (χ4v) is 11.8. The van der Waals surface area contributed by atoms with E-state index in [-0.39, 0.29) is 10.6 Å². The van der Waals surface area contributed by atoms with Gasteiger partial charge in [0.25, 0.3) is 10.2 Å². The van der Waals surface area contributed by atoms with E-state index in [0.29, 0.717) is 0 Å². The molecule has 0 radical (unpaired) electrons. The second-order valence-electron chi connectivity index (χ2n) is 5.38. The first-order valence-corrected chi connectivity index (χ1v) is 14.0. The number of rotatable bonds is 4. The van der Waals surface area contributed by atoms with E-state index in [1.165, 1.54) is 6.54 Å². The summed E-state index contributed by atoms with van der Waals surface area (Å²) in [5.41, 5.74) is 0.244. The van der Waals surface area contributed by atoms with Gasteiger partial charge in [-0.25, -0.2) is 0 Å². The van der Waals surface area contributed by atoms with Crippen LogP contribution in [0.2, 0.25) is 0 Å². The molecule has 3 aromatic carbocycles. The van der Waals surface area contributed by atoms with Gasteiger partial charge in [-0.1, -0.05) is 0 Å². The number of benzene rings is 3. The van der Waals surface area contributed by atoms with Gasteiger partial charge in [0.15, 0.2) is 0 Å². The molecule has 18 heteroatoms. The van der Waals surface area contributed by atoms with Crippen LogP contribution in [-0.2, 0) is 0 Å². The molecule has 0 saturated heterocycles. The van der Waals surface area contributed by atoms with E-state index in [4.69, 9.17) is 50.9 Å². The molecule has 192 valence electrons. The van der Waals surface area contributed by atoms with Crippen LogP contribution in [0, 0.1) is 50.6 Å². The van der Waals surface area contributed by atoms with Crippen LogP contribution < -0.4 is 9.81 Å². The summed E-state index contributed by atoms with van der Waals surface area (Å²) in [6.07, 6.45) is 0. The molecular weight excluding hydrogens is 687 g/mol. The van der Waals surface area contributed by atoms with E-state index in [1.54, 1.807) is 12.1 Å². The molecule has 36 heavy (non-hydrogen) atoms. The summed E-state index contributed by atoms with van der Waals surface area (Å²) in [5.74, 6) is 0. The molecule has 0 aromatic heterocycles. The molecule has 0 heterocycles. The predicted molar refractivity (Wildman–Crippen MR) is 127 cm³/mol. The van der Waals surface area contributed by atoms with Gasteiger partial charge in [0.2, 0.25) is 0 Å². The molecule has 0 atom stereocenters. The Morgan fingerprint density at radius 2 is 0.889 bits per heavy atom. The van der Waals surface area contributed by atoms with Crippen molar-refractivity contribution in [3.63, 3.8) is 0 Å². The van der Waals surface area contributed by atoms with Crippen LogP contribution in [0.1, 0.15) is 0 Å². The molecule has 0 amide bonds. The van der Waals surface area contributed by atoms with Crippen LogP contribution in [0.3, 0.4) is 0 Å². The molecule has 3 rings (SSSR count). The van der Waals surface area contributed by atoms with Crippen molar-refractivity contribution in [2.45, 2.75) is 0 Å². The Morgan fingerprint density at radius 3 is 1.19 bits per heavy atom. The van der Waals surface area contributed by atoms with E-state index in [1.807, 2.05) is 48.5 Å². The molecule has 0 spiro atoms. The number of nitrogens with zero attached hydrogens (tertiary/aromatic N) is 5. The Hall–Kier alpha value is -4.86. The molecule has 0 aliphatic rings. The zero-order chi connectivity index (χ0) is 27.9. The molecular formula is C18H16BiN5O12-2. The molecule has 0 aliphatic carbocycles. The summed E-state index contributed by atoms with van der Waals surface area (Å²) in [4.78, 5) is 43.9. The standard InChI is InChI=1S/C6H4NO2.2C6H5.Bi.2HNO3.2HNO2/c8-7(9)6-4-2-1-3-5-6;2*1-2-4-6-5-3-1;;2*2-1(3)4;2*2-1-3/h1-4H;2*1-5H;;2*(H,2,3,4);2*(H,2,3)/p-2. The van der Waals surface area contributed by atoms with Crippen molar-refractivity contribution in [3.8, 4) is 0 Å². The number of hydrogen-bond donors (Lipinski definition) is 2. The van der Waals surface area contributed by atoms with Crippen LogP contribution in [0.15, 0.2) is 95.6 Å². The zero-order valence-corrected chi connectivity index (χ0v) is 21.2. The van der Waals surface area contributed by atoms with Gasteiger partial charge in [-0.3, -0.25) is 0 Å². The summed E-state index contributed by atoms with van der Waals surface area (Å²) in [6, 6.07) is 27.6.